The first-order valence-electron chi connectivity index (χ1n) is 10.2. The molecule has 0 aliphatic heterocycles. The predicted molar refractivity (Wildman–Crippen MR) is 119 cm³/mol. The van der Waals surface area contributed by atoms with Gasteiger partial charge >= 0.3 is 5.97 Å². The molecule has 3 rings (SSSR count). The van der Waals surface area contributed by atoms with Gasteiger partial charge in [-0.2, -0.15) is 0 Å². The highest BCUT2D eigenvalue weighted by Crippen LogP contribution is 2.19. The third-order valence-electron chi connectivity index (χ3n) is 5.01. The summed E-state index contributed by atoms with van der Waals surface area (Å²) in [5, 5.41) is 3.62. The molecule has 0 saturated heterocycles. The lowest BCUT2D eigenvalue weighted by Gasteiger charge is -2.09. The van der Waals surface area contributed by atoms with Crippen molar-refractivity contribution in [2.24, 2.45) is 0 Å². The summed E-state index contributed by atoms with van der Waals surface area (Å²) in [6.07, 6.45) is 1.63. The summed E-state index contributed by atoms with van der Waals surface area (Å²) in [5.74, 6) is -0.864. The number of carbonyl (C=O) groups is 3. The van der Waals surface area contributed by atoms with Gasteiger partial charge in [-0.25, -0.2) is 4.79 Å². The summed E-state index contributed by atoms with van der Waals surface area (Å²) in [6.45, 7) is 5.51. The molecule has 31 heavy (non-hydrogen) atoms. The van der Waals surface area contributed by atoms with E-state index in [1.165, 1.54) is 6.92 Å². The highest BCUT2D eigenvalue weighted by atomic mass is 16.5. The standard InChI is InChI=1S/C25H26N2O4/c1-16-6-11-23-21(13-16)14-22(17(2)27-23)25(30)31-15-24(29)20-9-7-19(8-10-20)5-4-12-26-18(3)28/h6-11,13-14H,4-5,12,15H2,1-3H3,(H,26,28). The molecule has 6 nitrogen and oxygen atoms in total. The van der Waals surface area contributed by atoms with Crippen LogP contribution in [0.5, 0.6) is 0 Å². The predicted octanol–water partition coefficient (Wildman–Crippen LogP) is 3.96. The van der Waals surface area contributed by atoms with Gasteiger partial charge in [-0.15, -0.1) is 0 Å². The third kappa shape index (κ3) is 5.98. The van der Waals surface area contributed by atoms with E-state index in [-0.39, 0.29) is 18.3 Å². The second-order valence-electron chi connectivity index (χ2n) is 7.60. The fraction of sp³-hybridized carbons (Fsp3) is 0.280. The summed E-state index contributed by atoms with van der Waals surface area (Å²) >= 11 is 0. The van der Waals surface area contributed by atoms with Crippen LogP contribution in [0, 0.1) is 13.8 Å². The Kier molecular flexibility index (Phi) is 7.13. The van der Waals surface area contributed by atoms with E-state index >= 15 is 0 Å². The number of esters is 1. The molecule has 0 bridgehead atoms. The van der Waals surface area contributed by atoms with Crippen molar-refractivity contribution in [3.63, 3.8) is 0 Å². The Bertz CT molecular complexity index is 1120. The molecule has 0 spiro atoms. The molecule has 1 heterocycles. The highest BCUT2D eigenvalue weighted by Gasteiger charge is 2.16. The number of ketones is 1. The van der Waals surface area contributed by atoms with Crippen molar-refractivity contribution < 1.29 is 19.1 Å². The van der Waals surface area contributed by atoms with Gasteiger partial charge in [0.05, 0.1) is 16.8 Å². The molecule has 0 fully saturated rings. The van der Waals surface area contributed by atoms with Gasteiger partial charge < -0.3 is 10.1 Å². The molecule has 0 aliphatic rings. The number of nitrogens with zero attached hydrogens (tertiary/aromatic N) is 1. The van der Waals surface area contributed by atoms with Crippen LogP contribution in [0.2, 0.25) is 0 Å². The largest absolute Gasteiger partial charge is 0.454 e. The molecule has 0 aliphatic carbocycles. The molecule has 0 atom stereocenters. The van der Waals surface area contributed by atoms with Crippen LogP contribution in [0.25, 0.3) is 10.9 Å². The number of aryl methyl sites for hydroxylation is 3. The summed E-state index contributed by atoms with van der Waals surface area (Å²) < 4.78 is 5.27. The highest BCUT2D eigenvalue weighted by molar-refractivity contribution is 6.00. The lowest BCUT2D eigenvalue weighted by molar-refractivity contribution is -0.118. The minimum Gasteiger partial charge on any atom is -0.454 e. The van der Waals surface area contributed by atoms with Crippen molar-refractivity contribution in [3.8, 4) is 0 Å². The molecule has 1 N–H and O–H groups in total. The SMILES string of the molecule is CC(=O)NCCCc1ccc(C(=O)COC(=O)c2cc3cc(C)ccc3nc2C)cc1. The summed E-state index contributed by atoms with van der Waals surface area (Å²) in [7, 11) is 0. The first-order valence-corrected chi connectivity index (χ1v) is 10.2. The first kappa shape index (κ1) is 22.2. The van der Waals surface area contributed by atoms with Crippen LogP contribution in [0.1, 0.15) is 50.9 Å². The first-order chi connectivity index (χ1) is 14.8. The molecule has 0 unspecified atom stereocenters. The fourth-order valence-corrected chi connectivity index (χ4v) is 3.31. The molecule has 3 aromatic rings. The van der Waals surface area contributed by atoms with E-state index in [0.29, 0.717) is 23.4 Å². The van der Waals surface area contributed by atoms with E-state index in [1.54, 1.807) is 25.1 Å². The summed E-state index contributed by atoms with van der Waals surface area (Å²) in [5.41, 5.74) is 4.38. The van der Waals surface area contributed by atoms with Crippen molar-refractivity contribution in [2.45, 2.75) is 33.6 Å². The molecule has 0 radical (unpaired) electrons. The number of amides is 1. The summed E-state index contributed by atoms with van der Waals surface area (Å²) in [6, 6.07) is 14.8. The van der Waals surface area contributed by atoms with E-state index in [2.05, 4.69) is 10.3 Å². The maximum atomic E-state index is 12.5. The molecule has 160 valence electrons. The van der Waals surface area contributed by atoms with Crippen LogP contribution in [0.15, 0.2) is 48.5 Å². The monoisotopic (exact) mass is 418 g/mol. The maximum absolute atomic E-state index is 12.5. The molecular weight excluding hydrogens is 392 g/mol. The van der Waals surface area contributed by atoms with Crippen LogP contribution >= 0.6 is 0 Å². The number of benzene rings is 2. The van der Waals surface area contributed by atoms with Crippen LogP contribution < -0.4 is 5.32 Å². The van der Waals surface area contributed by atoms with Crippen molar-refractivity contribution in [3.05, 3.63) is 76.5 Å². The summed E-state index contributed by atoms with van der Waals surface area (Å²) in [4.78, 5) is 40.3. The smallest absolute Gasteiger partial charge is 0.340 e. The van der Waals surface area contributed by atoms with Gasteiger partial charge in [-0.3, -0.25) is 14.6 Å². The Morgan fingerprint density at radius 2 is 1.74 bits per heavy atom. The topological polar surface area (TPSA) is 85.4 Å². The number of ether oxygens (including phenoxy) is 1. The van der Waals surface area contributed by atoms with E-state index in [1.807, 2.05) is 37.3 Å². The minimum atomic E-state index is -0.559. The quantitative estimate of drug-likeness (QED) is 0.340. The van der Waals surface area contributed by atoms with Gasteiger partial charge in [0, 0.05) is 24.4 Å². The van der Waals surface area contributed by atoms with Crippen LogP contribution in [-0.4, -0.2) is 35.8 Å². The average Bonchev–Trinajstić information content (AvgIpc) is 2.75. The second-order valence-corrected chi connectivity index (χ2v) is 7.60. The molecule has 1 amide bonds. The zero-order valence-corrected chi connectivity index (χ0v) is 18.0. The van der Waals surface area contributed by atoms with Gasteiger partial charge in [0.15, 0.2) is 12.4 Å². The number of nitrogens with one attached hydrogen (secondary N) is 1. The number of fused-ring (bicyclic) bond motifs is 1. The van der Waals surface area contributed by atoms with Gasteiger partial charge in [0.2, 0.25) is 5.91 Å². The average molecular weight is 418 g/mol. The fourth-order valence-electron chi connectivity index (χ4n) is 3.31. The van der Waals surface area contributed by atoms with Crippen molar-refractivity contribution in [1.29, 1.82) is 0 Å². The lowest BCUT2D eigenvalue weighted by atomic mass is 10.1. The van der Waals surface area contributed by atoms with E-state index < -0.39 is 5.97 Å². The number of Topliss-reactive ketones (excluding diaryl/α,β-unsaturated/α-hetero) is 1. The minimum absolute atomic E-state index is 0.0414. The number of pyridine rings is 1. The van der Waals surface area contributed by atoms with Crippen molar-refractivity contribution in [2.75, 3.05) is 13.2 Å². The van der Waals surface area contributed by atoms with Gasteiger partial charge in [0.1, 0.15) is 0 Å². The number of rotatable bonds is 8. The number of aromatic nitrogens is 1. The second kappa shape index (κ2) is 9.98. The van der Waals surface area contributed by atoms with Crippen molar-refractivity contribution in [1.82, 2.24) is 10.3 Å². The maximum Gasteiger partial charge on any atom is 0.340 e. The molecule has 2 aromatic carbocycles. The van der Waals surface area contributed by atoms with Crippen LogP contribution in [0.3, 0.4) is 0 Å². The Morgan fingerprint density at radius 1 is 1.00 bits per heavy atom. The van der Waals surface area contributed by atoms with Gasteiger partial charge in [-0.05, 0) is 50.5 Å². The number of hydrogen-bond acceptors (Lipinski definition) is 5. The zero-order valence-electron chi connectivity index (χ0n) is 18.0. The Balaban J connectivity index is 1.57. The normalized spacial score (nSPS) is 10.7. The van der Waals surface area contributed by atoms with Crippen LogP contribution in [0.4, 0.5) is 0 Å². The third-order valence-corrected chi connectivity index (χ3v) is 5.01. The van der Waals surface area contributed by atoms with Gasteiger partial charge in [0.25, 0.3) is 0 Å². The van der Waals surface area contributed by atoms with E-state index in [4.69, 9.17) is 4.74 Å². The zero-order chi connectivity index (χ0) is 22.4. The van der Waals surface area contributed by atoms with Crippen LogP contribution in [-0.2, 0) is 16.0 Å². The molecular formula is C25H26N2O4. The van der Waals surface area contributed by atoms with E-state index in [9.17, 15) is 14.4 Å². The Labute approximate surface area is 181 Å². The lowest BCUT2D eigenvalue weighted by Crippen LogP contribution is -2.21. The van der Waals surface area contributed by atoms with Gasteiger partial charge in [-0.1, -0.05) is 35.9 Å². The molecule has 0 saturated carbocycles. The van der Waals surface area contributed by atoms with E-state index in [0.717, 1.165) is 34.9 Å². The Hall–Kier alpha value is -3.54. The van der Waals surface area contributed by atoms with Crippen molar-refractivity contribution >= 4 is 28.6 Å². The Morgan fingerprint density at radius 3 is 2.45 bits per heavy atom. The molecule has 6 heteroatoms. The number of hydrogen-bond donors (Lipinski definition) is 1. The number of carbonyl (C=O) groups excluding carboxylic acids is 3. The molecule has 1 aromatic heterocycles.